The summed E-state index contributed by atoms with van der Waals surface area (Å²) in [6.07, 6.45) is 7.98. The van der Waals surface area contributed by atoms with E-state index in [9.17, 15) is 9.59 Å². The van der Waals surface area contributed by atoms with E-state index in [0.29, 0.717) is 22.8 Å². The molecule has 1 atom stereocenters. The molecule has 8 heteroatoms. The molecule has 1 aliphatic heterocycles. The van der Waals surface area contributed by atoms with Gasteiger partial charge in [0, 0.05) is 36.0 Å². The molecule has 0 bridgehead atoms. The van der Waals surface area contributed by atoms with Crippen LogP contribution in [0.2, 0.25) is 0 Å². The first-order valence-electron chi connectivity index (χ1n) is 8.60. The molecule has 3 aromatic rings. The second-order valence-electron chi connectivity index (χ2n) is 6.19. The van der Waals surface area contributed by atoms with Crippen molar-refractivity contribution in [1.29, 1.82) is 0 Å². The number of carbonyl (C=O) groups is 2. The summed E-state index contributed by atoms with van der Waals surface area (Å²) in [5.41, 5.74) is 3.07. The van der Waals surface area contributed by atoms with Crippen molar-refractivity contribution in [3.63, 3.8) is 0 Å². The van der Waals surface area contributed by atoms with Crippen LogP contribution in [-0.2, 0) is 9.59 Å². The van der Waals surface area contributed by atoms with Crippen molar-refractivity contribution in [3.8, 4) is 11.3 Å². The predicted octanol–water partition coefficient (Wildman–Crippen LogP) is 2.52. The number of hydrogen-bond acceptors (Lipinski definition) is 6. The Morgan fingerprint density at radius 1 is 1.07 bits per heavy atom. The van der Waals surface area contributed by atoms with E-state index in [-0.39, 0.29) is 0 Å². The van der Waals surface area contributed by atoms with E-state index in [4.69, 9.17) is 0 Å². The summed E-state index contributed by atoms with van der Waals surface area (Å²) in [6.45, 7) is 1.67. The summed E-state index contributed by atoms with van der Waals surface area (Å²) in [5, 5.41) is 8.28. The van der Waals surface area contributed by atoms with Crippen LogP contribution in [0.1, 0.15) is 6.92 Å². The van der Waals surface area contributed by atoms with Crippen molar-refractivity contribution in [1.82, 2.24) is 15.0 Å². The van der Waals surface area contributed by atoms with Gasteiger partial charge in [-0.05, 0) is 31.2 Å². The fourth-order valence-electron chi connectivity index (χ4n) is 2.96. The topological polar surface area (TPSA) is 100 Å². The number of nitrogens with zero attached hydrogens (tertiary/aromatic N) is 5. The lowest BCUT2D eigenvalue weighted by Crippen LogP contribution is -2.36. The number of hydrogen-bond donors (Lipinski definition) is 1. The first-order chi connectivity index (χ1) is 13.6. The largest absolute Gasteiger partial charge is 0.325 e. The van der Waals surface area contributed by atoms with Gasteiger partial charge in [0.15, 0.2) is 5.92 Å². The highest BCUT2D eigenvalue weighted by Crippen LogP contribution is 2.25. The molecule has 2 aromatic heterocycles. The number of nitrogens with one attached hydrogen (secondary N) is 1. The fourth-order valence-corrected chi connectivity index (χ4v) is 2.96. The van der Waals surface area contributed by atoms with Crippen LogP contribution in [0.4, 0.5) is 11.4 Å². The van der Waals surface area contributed by atoms with Gasteiger partial charge >= 0.3 is 0 Å². The van der Waals surface area contributed by atoms with Gasteiger partial charge in [-0.3, -0.25) is 24.5 Å². The molecule has 3 heterocycles. The average molecular weight is 372 g/mol. The molecular formula is C20H16N6O2. The highest BCUT2D eigenvalue weighted by Gasteiger charge is 2.39. The van der Waals surface area contributed by atoms with Crippen LogP contribution in [0.25, 0.3) is 11.3 Å². The fraction of sp³-hybridized carbons (Fsp3) is 0.100. The molecule has 8 nitrogen and oxygen atoms in total. The minimum Gasteiger partial charge on any atom is -0.325 e. The second-order valence-corrected chi connectivity index (χ2v) is 6.19. The molecule has 1 aromatic carbocycles. The van der Waals surface area contributed by atoms with Crippen molar-refractivity contribution < 1.29 is 9.59 Å². The van der Waals surface area contributed by atoms with Crippen molar-refractivity contribution in [2.45, 2.75) is 6.92 Å². The summed E-state index contributed by atoms with van der Waals surface area (Å²) in [4.78, 5) is 37.8. The van der Waals surface area contributed by atoms with E-state index in [0.717, 1.165) is 5.56 Å². The first kappa shape index (κ1) is 17.5. The van der Waals surface area contributed by atoms with Gasteiger partial charge in [-0.1, -0.05) is 12.1 Å². The van der Waals surface area contributed by atoms with Crippen LogP contribution in [0, 0.1) is 5.92 Å². The number of hydrazone groups is 1. The van der Waals surface area contributed by atoms with E-state index in [1.54, 1.807) is 68.2 Å². The zero-order valence-corrected chi connectivity index (χ0v) is 15.0. The van der Waals surface area contributed by atoms with Gasteiger partial charge in [0.1, 0.15) is 0 Å². The maximum atomic E-state index is 12.8. The third kappa shape index (κ3) is 3.35. The van der Waals surface area contributed by atoms with Gasteiger partial charge < -0.3 is 5.32 Å². The Labute approximate surface area is 161 Å². The molecule has 0 saturated carbocycles. The molecule has 4 rings (SSSR count). The molecule has 1 aliphatic rings. The maximum Gasteiger partial charge on any atom is 0.265 e. The number of aromatic nitrogens is 3. The van der Waals surface area contributed by atoms with E-state index in [1.165, 1.54) is 5.01 Å². The van der Waals surface area contributed by atoms with E-state index >= 15 is 0 Å². The summed E-state index contributed by atoms with van der Waals surface area (Å²) in [5.74, 6) is -1.81. The van der Waals surface area contributed by atoms with Crippen LogP contribution in [-0.4, -0.2) is 32.5 Å². The van der Waals surface area contributed by atoms with Crippen LogP contribution in [0.15, 0.2) is 72.5 Å². The summed E-state index contributed by atoms with van der Waals surface area (Å²) in [7, 11) is 0. The molecule has 0 saturated heterocycles. The molecule has 0 aliphatic carbocycles. The zero-order valence-electron chi connectivity index (χ0n) is 15.0. The molecule has 0 radical (unpaired) electrons. The molecule has 0 fully saturated rings. The average Bonchev–Trinajstić information content (AvgIpc) is 3.03. The lowest BCUT2D eigenvalue weighted by molar-refractivity contribution is -0.127. The van der Waals surface area contributed by atoms with Gasteiger partial charge in [-0.15, -0.1) is 0 Å². The molecule has 2 amide bonds. The Hall–Kier alpha value is -3.94. The standard InChI is InChI=1S/C20H16N6O2/c1-13-18(20(28)26(25-13)16-5-7-21-8-6-16)19(27)24-15-4-2-3-14(11-15)17-12-22-9-10-23-17/h2-12,18H,1H3,(H,24,27)/t18-/m1/s1. The number of benzene rings is 1. The van der Waals surface area contributed by atoms with Crippen molar-refractivity contribution >= 4 is 28.9 Å². The van der Waals surface area contributed by atoms with Crippen molar-refractivity contribution in [2.75, 3.05) is 10.3 Å². The van der Waals surface area contributed by atoms with Gasteiger partial charge in [-0.2, -0.15) is 10.1 Å². The van der Waals surface area contributed by atoms with Crippen LogP contribution >= 0.6 is 0 Å². The van der Waals surface area contributed by atoms with Crippen LogP contribution in [0.3, 0.4) is 0 Å². The Morgan fingerprint density at radius 2 is 1.89 bits per heavy atom. The Balaban J connectivity index is 1.53. The van der Waals surface area contributed by atoms with E-state index < -0.39 is 17.7 Å². The van der Waals surface area contributed by atoms with Crippen LogP contribution < -0.4 is 10.3 Å². The lowest BCUT2D eigenvalue weighted by Gasteiger charge is -2.14. The Kier molecular flexibility index (Phi) is 4.59. The number of amides is 2. The molecule has 138 valence electrons. The van der Waals surface area contributed by atoms with Gasteiger partial charge in [0.2, 0.25) is 5.91 Å². The summed E-state index contributed by atoms with van der Waals surface area (Å²) < 4.78 is 0. The number of anilines is 2. The number of carbonyl (C=O) groups excluding carboxylic acids is 2. The predicted molar refractivity (Wildman–Crippen MR) is 104 cm³/mol. The quantitative estimate of drug-likeness (QED) is 0.709. The third-order valence-corrected chi connectivity index (χ3v) is 4.29. The zero-order chi connectivity index (χ0) is 19.5. The third-order valence-electron chi connectivity index (χ3n) is 4.29. The van der Waals surface area contributed by atoms with E-state index in [2.05, 4.69) is 25.4 Å². The number of rotatable bonds is 4. The van der Waals surface area contributed by atoms with Gasteiger partial charge in [0.05, 0.1) is 23.3 Å². The van der Waals surface area contributed by atoms with E-state index in [1.807, 2.05) is 6.07 Å². The monoisotopic (exact) mass is 372 g/mol. The molecule has 28 heavy (non-hydrogen) atoms. The van der Waals surface area contributed by atoms with Crippen molar-refractivity contribution in [3.05, 3.63) is 67.4 Å². The highest BCUT2D eigenvalue weighted by atomic mass is 16.2. The number of pyridine rings is 1. The maximum absolute atomic E-state index is 12.8. The van der Waals surface area contributed by atoms with Gasteiger partial charge in [0.25, 0.3) is 5.91 Å². The van der Waals surface area contributed by atoms with Crippen molar-refractivity contribution in [2.24, 2.45) is 11.0 Å². The van der Waals surface area contributed by atoms with Gasteiger partial charge in [-0.25, -0.2) is 0 Å². The highest BCUT2D eigenvalue weighted by molar-refractivity contribution is 6.28. The molecular weight excluding hydrogens is 356 g/mol. The first-order valence-corrected chi connectivity index (χ1v) is 8.60. The molecule has 0 spiro atoms. The summed E-state index contributed by atoms with van der Waals surface area (Å²) in [6, 6.07) is 10.6. The molecule has 1 N–H and O–H groups in total. The second kappa shape index (κ2) is 7.36. The molecule has 0 unspecified atom stereocenters. The lowest BCUT2D eigenvalue weighted by atomic mass is 10.0. The smallest absolute Gasteiger partial charge is 0.265 e. The normalized spacial score (nSPS) is 16.0. The minimum absolute atomic E-state index is 0.397. The Bertz CT molecular complexity index is 1050. The Morgan fingerprint density at radius 3 is 2.64 bits per heavy atom. The minimum atomic E-state index is -0.978. The summed E-state index contributed by atoms with van der Waals surface area (Å²) >= 11 is 0. The SMILES string of the molecule is CC1=NN(c2ccncc2)C(=O)[C@H]1C(=O)Nc1cccc(-c2cnccn2)c1. The van der Waals surface area contributed by atoms with Crippen LogP contribution in [0.5, 0.6) is 0 Å².